The first kappa shape index (κ1) is 21.6. The predicted molar refractivity (Wildman–Crippen MR) is 103 cm³/mol. The van der Waals surface area contributed by atoms with Gasteiger partial charge in [0.05, 0.1) is 11.5 Å². The van der Waals surface area contributed by atoms with E-state index in [1.165, 1.54) is 6.92 Å². The molecule has 3 heterocycles. The van der Waals surface area contributed by atoms with Crippen molar-refractivity contribution in [3.8, 4) is 0 Å². The summed E-state index contributed by atoms with van der Waals surface area (Å²) in [6.07, 6.45) is -4.02. The minimum atomic E-state index is -4.66. The average Bonchev–Trinajstić information content (AvgIpc) is 3.02. The number of nitrogens with zero attached hydrogens (tertiary/aromatic N) is 3. The van der Waals surface area contributed by atoms with E-state index in [1.807, 2.05) is 0 Å². The highest BCUT2D eigenvalue weighted by molar-refractivity contribution is 7.92. The Morgan fingerprint density at radius 3 is 2.19 bits per heavy atom. The molecule has 11 heteroatoms. The summed E-state index contributed by atoms with van der Waals surface area (Å²) in [5.41, 5.74) is -0.871. The maximum atomic E-state index is 13.2. The molecular weight excluding hydrogens is 441 g/mol. The van der Waals surface area contributed by atoms with Crippen molar-refractivity contribution in [3.63, 3.8) is 0 Å². The van der Waals surface area contributed by atoms with Crippen LogP contribution in [0.2, 0.25) is 0 Å². The van der Waals surface area contributed by atoms with Crippen molar-refractivity contribution in [3.05, 3.63) is 17.5 Å². The molecule has 4 aliphatic rings. The van der Waals surface area contributed by atoms with Crippen LogP contribution in [0.15, 0.2) is 6.07 Å². The summed E-state index contributed by atoms with van der Waals surface area (Å²) in [5.74, 6) is 0.839. The van der Waals surface area contributed by atoms with Gasteiger partial charge < -0.3 is 4.90 Å². The van der Waals surface area contributed by atoms with Crippen LogP contribution in [0.1, 0.15) is 56.0 Å². The van der Waals surface area contributed by atoms with Crippen LogP contribution in [0, 0.1) is 17.3 Å². The molecule has 2 saturated heterocycles. The number of halogens is 5. The van der Waals surface area contributed by atoms with Crippen molar-refractivity contribution < 1.29 is 30.4 Å². The van der Waals surface area contributed by atoms with E-state index in [0.29, 0.717) is 17.5 Å². The molecule has 5 nitrogen and oxygen atoms in total. The van der Waals surface area contributed by atoms with Crippen LogP contribution >= 0.6 is 0 Å². The van der Waals surface area contributed by atoms with Gasteiger partial charge in [0.2, 0.25) is 0 Å². The maximum absolute atomic E-state index is 13.2. The van der Waals surface area contributed by atoms with Crippen LogP contribution in [0.3, 0.4) is 0 Å². The van der Waals surface area contributed by atoms with E-state index in [4.69, 9.17) is 0 Å². The second-order valence-electron chi connectivity index (χ2n) is 10.0. The van der Waals surface area contributed by atoms with Gasteiger partial charge >= 0.3 is 6.18 Å². The third-order valence-electron chi connectivity index (χ3n) is 7.99. The van der Waals surface area contributed by atoms with Crippen molar-refractivity contribution in [2.24, 2.45) is 17.3 Å². The quantitative estimate of drug-likeness (QED) is 0.634. The smallest absolute Gasteiger partial charge is 0.300 e. The van der Waals surface area contributed by atoms with Gasteiger partial charge in [0.25, 0.3) is 6.43 Å². The monoisotopic (exact) mass is 467 g/mol. The molecule has 1 spiro atoms. The normalized spacial score (nSPS) is 35.2. The van der Waals surface area contributed by atoms with Gasteiger partial charge in [-0.15, -0.1) is 0 Å². The van der Waals surface area contributed by atoms with Gasteiger partial charge in [0, 0.05) is 23.1 Å². The highest BCUT2D eigenvalue weighted by atomic mass is 32.2. The number of hydrogen-bond donors (Lipinski definition) is 0. The summed E-state index contributed by atoms with van der Waals surface area (Å²) < 4.78 is 90.0. The van der Waals surface area contributed by atoms with Crippen molar-refractivity contribution in [1.29, 1.82) is 0 Å². The van der Waals surface area contributed by atoms with Gasteiger partial charge in [-0.05, 0) is 63.6 Å². The zero-order chi connectivity index (χ0) is 22.3. The number of likely N-dealkylation sites (tertiary alicyclic amines) is 1. The van der Waals surface area contributed by atoms with Crippen LogP contribution in [-0.2, 0) is 16.0 Å². The van der Waals surface area contributed by atoms with Crippen LogP contribution in [0.25, 0.3) is 0 Å². The predicted octanol–water partition coefficient (Wildman–Crippen LogP) is 3.73. The summed E-state index contributed by atoms with van der Waals surface area (Å²) in [5, 5.41) is 3.50. The molecule has 2 aliphatic carbocycles. The molecule has 1 aromatic rings. The fraction of sp³-hybridized carbons (Fsp3) is 0.850. The van der Waals surface area contributed by atoms with E-state index in [0.717, 1.165) is 49.5 Å². The fourth-order valence-electron chi connectivity index (χ4n) is 6.32. The number of fused-ring (bicyclic) bond motifs is 1. The first-order valence-electron chi connectivity index (χ1n) is 10.8. The van der Waals surface area contributed by atoms with Crippen LogP contribution < -0.4 is 0 Å². The Morgan fingerprint density at radius 2 is 1.71 bits per heavy atom. The first-order chi connectivity index (χ1) is 14.4. The minimum absolute atomic E-state index is 0.0503. The fourth-order valence-corrected chi connectivity index (χ4v) is 8.68. The Bertz CT molecular complexity index is 942. The molecule has 4 fully saturated rings. The first-order valence-corrected chi connectivity index (χ1v) is 12.6. The molecule has 0 unspecified atom stereocenters. The number of alkyl halides is 5. The molecule has 2 aliphatic heterocycles. The number of piperidine rings is 1. The molecule has 0 aromatic carbocycles. The molecule has 0 bridgehead atoms. The van der Waals surface area contributed by atoms with E-state index in [2.05, 4.69) is 10.00 Å². The van der Waals surface area contributed by atoms with E-state index in [1.54, 1.807) is 0 Å². The van der Waals surface area contributed by atoms with Gasteiger partial charge in [-0.1, -0.05) is 0 Å². The Kier molecular flexibility index (Phi) is 4.80. The number of sulfone groups is 1. The van der Waals surface area contributed by atoms with E-state index < -0.39 is 34.2 Å². The molecule has 1 aromatic heterocycles. The summed E-state index contributed by atoms with van der Waals surface area (Å²) in [6.45, 7) is 2.90. The minimum Gasteiger partial charge on any atom is -0.300 e. The van der Waals surface area contributed by atoms with Crippen LogP contribution in [-0.4, -0.2) is 60.2 Å². The lowest BCUT2D eigenvalue weighted by atomic mass is 9.80. The molecule has 5 rings (SSSR count). The van der Waals surface area contributed by atoms with Gasteiger partial charge in [-0.25, -0.2) is 17.2 Å². The van der Waals surface area contributed by atoms with Crippen molar-refractivity contribution in [2.45, 2.75) is 63.2 Å². The summed E-state index contributed by atoms with van der Waals surface area (Å²) in [7, 11) is -2.85. The molecular formula is C20H26F5N3O2S. The largest absolute Gasteiger partial charge is 0.435 e. The number of hydrogen-bond acceptors (Lipinski definition) is 4. The third kappa shape index (κ3) is 3.69. The lowest BCUT2D eigenvalue weighted by molar-refractivity contribution is -0.141. The lowest BCUT2D eigenvalue weighted by Gasteiger charge is -2.48. The summed E-state index contributed by atoms with van der Waals surface area (Å²) in [6, 6.07) is -0.106. The molecule has 5 atom stereocenters. The number of rotatable bonds is 4. The second-order valence-corrected chi connectivity index (χ2v) is 12.1. The van der Waals surface area contributed by atoms with Crippen LogP contribution in [0.4, 0.5) is 22.0 Å². The molecule has 174 valence electrons. The van der Waals surface area contributed by atoms with E-state index in [-0.39, 0.29) is 28.9 Å². The maximum Gasteiger partial charge on any atom is 0.435 e. The van der Waals surface area contributed by atoms with E-state index >= 15 is 0 Å². The molecule has 31 heavy (non-hydrogen) atoms. The highest BCUT2D eigenvalue weighted by Crippen LogP contribution is 2.64. The SMILES string of the molecule is C[C@@H](C(F)F)n1nc(C(F)(F)F)cc1[C@H]1[C@@H]2C[C@@H](N3CCC4(CC3)CS(=O)(=O)C4)C[C@@H]21. The zero-order valence-electron chi connectivity index (χ0n) is 17.2. The van der Waals surface area contributed by atoms with Crippen molar-refractivity contribution in [1.82, 2.24) is 14.7 Å². The second kappa shape index (κ2) is 6.88. The zero-order valence-corrected chi connectivity index (χ0v) is 18.0. The van der Waals surface area contributed by atoms with Gasteiger partial charge in [0.15, 0.2) is 15.5 Å². The highest BCUT2D eigenvalue weighted by Gasteiger charge is 2.60. The summed E-state index contributed by atoms with van der Waals surface area (Å²) in [4.78, 5) is 2.39. The topological polar surface area (TPSA) is 55.2 Å². The number of aromatic nitrogens is 2. The van der Waals surface area contributed by atoms with Gasteiger partial charge in [0.1, 0.15) is 6.04 Å². The van der Waals surface area contributed by atoms with Crippen LogP contribution in [0.5, 0.6) is 0 Å². The third-order valence-corrected chi connectivity index (χ3v) is 10.1. The van der Waals surface area contributed by atoms with Crippen molar-refractivity contribution >= 4 is 9.84 Å². The Labute approximate surface area is 177 Å². The molecule has 0 amide bonds. The average molecular weight is 468 g/mol. The van der Waals surface area contributed by atoms with Gasteiger partial charge in [-0.3, -0.25) is 4.68 Å². The lowest BCUT2D eigenvalue weighted by Crippen LogP contribution is -2.55. The Morgan fingerprint density at radius 1 is 1.13 bits per heavy atom. The standard InChI is InChI=1S/C20H26F5N3O2S/c1-11(18(21)22)28-15(8-16(26-28)20(23,24)25)17-13-6-12(7-14(13)17)27-4-2-19(3-5-27)9-31(29,30)10-19/h8,11-14,17-18H,2-7,9-10H2,1H3/t11-,12-,13-,14+,17+/m0/s1. The Balaban J connectivity index is 1.24. The summed E-state index contributed by atoms with van der Waals surface area (Å²) >= 11 is 0. The molecule has 0 radical (unpaired) electrons. The Hall–Kier alpha value is -1.23. The van der Waals surface area contributed by atoms with E-state index in [9.17, 15) is 30.4 Å². The molecule has 2 saturated carbocycles. The van der Waals surface area contributed by atoms with Gasteiger partial charge in [-0.2, -0.15) is 18.3 Å². The van der Waals surface area contributed by atoms with Crippen molar-refractivity contribution in [2.75, 3.05) is 24.6 Å². The molecule has 0 N–H and O–H groups in total.